The van der Waals surface area contributed by atoms with Crippen LogP contribution in [0, 0.1) is 0 Å². The van der Waals surface area contributed by atoms with Crippen LogP contribution in [0.1, 0.15) is 15.9 Å². The molecule has 2 nitrogen and oxygen atoms in total. The monoisotopic (exact) mass is 326 g/mol. The fraction of sp³-hybridized carbons (Fsp3) is 0.133. The number of carbonyl (C=O) groups is 1. The summed E-state index contributed by atoms with van der Waals surface area (Å²) in [6.07, 6.45) is 1.92. The lowest BCUT2D eigenvalue weighted by Gasteiger charge is -2.12. The van der Waals surface area contributed by atoms with Crippen LogP contribution >= 0.6 is 35.0 Å². The van der Waals surface area contributed by atoms with Crippen molar-refractivity contribution in [2.24, 2.45) is 0 Å². The van der Waals surface area contributed by atoms with Crippen molar-refractivity contribution in [3.8, 4) is 5.75 Å². The second-order valence-electron chi connectivity index (χ2n) is 4.00. The quantitative estimate of drug-likeness (QED) is 0.587. The van der Waals surface area contributed by atoms with Crippen LogP contribution in [0.3, 0.4) is 0 Å². The number of hydrogen-bond donors (Lipinski definition) is 0. The third kappa shape index (κ3) is 2.95. The Morgan fingerprint density at radius 2 is 1.85 bits per heavy atom. The smallest absolute Gasteiger partial charge is 0.197 e. The average molecular weight is 327 g/mol. The molecular weight excluding hydrogens is 315 g/mol. The molecule has 0 unspecified atom stereocenters. The number of thioether (sulfide) groups is 1. The van der Waals surface area contributed by atoms with Crippen molar-refractivity contribution in [3.63, 3.8) is 0 Å². The predicted molar refractivity (Wildman–Crippen MR) is 84.7 cm³/mol. The first kappa shape index (κ1) is 15.2. The lowest BCUT2D eigenvalue weighted by Crippen LogP contribution is -2.06. The van der Waals surface area contributed by atoms with Gasteiger partial charge in [0.05, 0.1) is 17.7 Å². The number of rotatable bonds is 4. The molecule has 0 amide bonds. The van der Waals surface area contributed by atoms with Crippen LogP contribution in [0.2, 0.25) is 10.0 Å². The van der Waals surface area contributed by atoms with Crippen molar-refractivity contribution in [2.75, 3.05) is 13.4 Å². The molecule has 5 heteroatoms. The molecule has 0 bridgehead atoms. The van der Waals surface area contributed by atoms with Crippen LogP contribution in [0.5, 0.6) is 5.75 Å². The predicted octanol–water partition coefficient (Wildman–Crippen LogP) is 4.95. The van der Waals surface area contributed by atoms with Gasteiger partial charge in [0.15, 0.2) is 5.78 Å². The molecule has 0 N–H and O–H groups in total. The average Bonchev–Trinajstić information content (AvgIpc) is 2.45. The topological polar surface area (TPSA) is 26.3 Å². The highest BCUT2D eigenvalue weighted by molar-refractivity contribution is 7.98. The third-order valence-corrected chi connectivity index (χ3v) is 4.10. The molecule has 0 saturated heterocycles. The summed E-state index contributed by atoms with van der Waals surface area (Å²) in [5.74, 6) is 0.188. The lowest BCUT2D eigenvalue weighted by molar-refractivity contribution is 0.103. The zero-order valence-electron chi connectivity index (χ0n) is 10.9. The number of ketones is 1. The second kappa shape index (κ2) is 6.53. The maximum Gasteiger partial charge on any atom is 0.197 e. The molecule has 0 fully saturated rings. The van der Waals surface area contributed by atoms with Gasteiger partial charge in [0, 0.05) is 15.5 Å². The van der Waals surface area contributed by atoms with Crippen LogP contribution in [-0.4, -0.2) is 19.1 Å². The molecule has 0 aromatic heterocycles. The Bertz CT molecular complexity index is 656. The normalized spacial score (nSPS) is 10.4. The maximum atomic E-state index is 12.7. The van der Waals surface area contributed by atoms with Crippen LogP contribution in [0.25, 0.3) is 0 Å². The van der Waals surface area contributed by atoms with Gasteiger partial charge in [0.1, 0.15) is 5.75 Å². The van der Waals surface area contributed by atoms with E-state index in [1.54, 1.807) is 18.2 Å². The van der Waals surface area contributed by atoms with Crippen molar-refractivity contribution < 1.29 is 9.53 Å². The second-order valence-corrected chi connectivity index (χ2v) is 5.69. The minimum absolute atomic E-state index is 0.156. The summed E-state index contributed by atoms with van der Waals surface area (Å²) in [5, 5.41) is 0.728. The van der Waals surface area contributed by atoms with E-state index in [0.29, 0.717) is 26.9 Å². The van der Waals surface area contributed by atoms with Gasteiger partial charge in [-0.25, -0.2) is 0 Å². The van der Waals surface area contributed by atoms with Gasteiger partial charge in [-0.05, 0) is 30.5 Å². The van der Waals surface area contributed by atoms with Crippen LogP contribution in [0.4, 0.5) is 0 Å². The fourth-order valence-electron chi connectivity index (χ4n) is 1.91. The number of methoxy groups -OCH3 is 1. The molecule has 0 aliphatic rings. The van der Waals surface area contributed by atoms with Crippen molar-refractivity contribution in [3.05, 3.63) is 57.6 Å². The molecule has 104 valence electrons. The lowest BCUT2D eigenvalue weighted by atomic mass is 10.0. The molecule has 20 heavy (non-hydrogen) atoms. The van der Waals surface area contributed by atoms with Gasteiger partial charge in [-0.15, -0.1) is 11.8 Å². The fourth-order valence-corrected chi connectivity index (χ4v) is 3.08. The van der Waals surface area contributed by atoms with Gasteiger partial charge < -0.3 is 4.74 Å². The summed E-state index contributed by atoms with van der Waals surface area (Å²) in [7, 11) is 1.48. The van der Waals surface area contributed by atoms with Gasteiger partial charge >= 0.3 is 0 Å². The Morgan fingerprint density at radius 1 is 1.15 bits per heavy atom. The van der Waals surface area contributed by atoms with E-state index in [0.717, 1.165) is 4.90 Å². The first-order valence-electron chi connectivity index (χ1n) is 5.79. The molecule has 0 aliphatic carbocycles. The summed E-state index contributed by atoms with van der Waals surface area (Å²) in [6.45, 7) is 0. The van der Waals surface area contributed by atoms with Gasteiger partial charge in [-0.2, -0.15) is 0 Å². The summed E-state index contributed by atoms with van der Waals surface area (Å²) < 4.78 is 5.23. The Balaban J connectivity index is 2.59. The van der Waals surface area contributed by atoms with Crippen LogP contribution < -0.4 is 4.74 Å². The van der Waals surface area contributed by atoms with Gasteiger partial charge in [0.25, 0.3) is 0 Å². The van der Waals surface area contributed by atoms with E-state index in [1.807, 2.05) is 24.5 Å². The summed E-state index contributed by atoms with van der Waals surface area (Å²) in [6, 6.07) is 10.5. The summed E-state index contributed by atoms with van der Waals surface area (Å²) in [4.78, 5) is 13.6. The molecule has 0 atom stereocenters. The molecule has 0 aliphatic heterocycles. The number of hydrogen-bond acceptors (Lipinski definition) is 3. The van der Waals surface area contributed by atoms with E-state index in [-0.39, 0.29) is 5.78 Å². The van der Waals surface area contributed by atoms with Crippen molar-refractivity contribution in [2.45, 2.75) is 4.90 Å². The number of benzene rings is 2. The van der Waals surface area contributed by atoms with E-state index < -0.39 is 0 Å². The zero-order chi connectivity index (χ0) is 14.7. The molecule has 0 heterocycles. The highest BCUT2D eigenvalue weighted by Gasteiger charge is 2.20. The van der Waals surface area contributed by atoms with Crippen molar-refractivity contribution in [1.29, 1.82) is 0 Å². The molecular formula is C15H12Cl2O2S. The van der Waals surface area contributed by atoms with E-state index in [1.165, 1.54) is 18.9 Å². The van der Waals surface area contributed by atoms with Crippen LogP contribution in [-0.2, 0) is 0 Å². The van der Waals surface area contributed by atoms with Crippen molar-refractivity contribution >= 4 is 40.7 Å². The molecule has 2 rings (SSSR count). The largest absolute Gasteiger partial charge is 0.494 e. The van der Waals surface area contributed by atoms with Gasteiger partial charge in [-0.3, -0.25) is 4.79 Å². The Labute approximate surface area is 132 Å². The minimum Gasteiger partial charge on any atom is -0.494 e. The highest BCUT2D eigenvalue weighted by atomic mass is 35.5. The first-order valence-corrected chi connectivity index (χ1v) is 7.77. The van der Waals surface area contributed by atoms with E-state index in [2.05, 4.69) is 0 Å². The van der Waals surface area contributed by atoms with Crippen LogP contribution in [0.15, 0.2) is 41.3 Å². The number of ether oxygens (including phenoxy) is 1. The van der Waals surface area contributed by atoms with E-state index in [4.69, 9.17) is 27.9 Å². The summed E-state index contributed by atoms with van der Waals surface area (Å²) in [5.41, 5.74) is 0.975. The minimum atomic E-state index is -0.156. The highest BCUT2D eigenvalue weighted by Crippen LogP contribution is 2.34. The Hall–Kier alpha value is -1.16. The molecule has 0 spiro atoms. The van der Waals surface area contributed by atoms with Gasteiger partial charge in [0.2, 0.25) is 0 Å². The van der Waals surface area contributed by atoms with Crippen molar-refractivity contribution in [1.82, 2.24) is 0 Å². The van der Waals surface area contributed by atoms with E-state index >= 15 is 0 Å². The van der Waals surface area contributed by atoms with Gasteiger partial charge in [-0.1, -0.05) is 35.3 Å². The molecule has 0 radical (unpaired) electrons. The maximum absolute atomic E-state index is 12.7. The molecule has 2 aromatic carbocycles. The zero-order valence-corrected chi connectivity index (χ0v) is 13.3. The molecule has 2 aromatic rings. The van der Waals surface area contributed by atoms with E-state index in [9.17, 15) is 4.79 Å². The number of halogens is 2. The number of carbonyl (C=O) groups excluding carboxylic acids is 1. The SMILES string of the molecule is COc1c(Cl)cc(Cl)cc1C(=O)c1ccccc1SC. The first-order chi connectivity index (χ1) is 9.58. The standard InChI is InChI=1S/C15H12Cl2O2S/c1-19-15-11(7-9(16)8-12(15)17)14(18)10-5-3-4-6-13(10)20-2/h3-8H,1-2H3. The molecule has 0 saturated carbocycles. The summed E-state index contributed by atoms with van der Waals surface area (Å²) >= 11 is 13.6. The Morgan fingerprint density at radius 3 is 2.50 bits per heavy atom. The Kier molecular flexibility index (Phi) is 4.97. The third-order valence-electron chi connectivity index (χ3n) is 2.81.